The highest BCUT2D eigenvalue weighted by Crippen LogP contribution is 2.33. The topological polar surface area (TPSA) is 72.9 Å². The van der Waals surface area contributed by atoms with Crippen molar-refractivity contribution in [2.45, 2.75) is 38.5 Å². The number of carbonyl (C=O) groups excluding carboxylic acids is 2. The summed E-state index contributed by atoms with van der Waals surface area (Å²) in [4.78, 5) is 27.5. The van der Waals surface area contributed by atoms with Crippen LogP contribution in [0.3, 0.4) is 0 Å². The van der Waals surface area contributed by atoms with Crippen LogP contribution in [0.4, 0.5) is 18.9 Å². The minimum absolute atomic E-state index is 0.139. The lowest BCUT2D eigenvalue weighted by atomic mass is 10.0. The van der Waals surface area contributed by atoms with Crippen molar-refractivity contribution in [3.05, 3.63) is 29.8 Å². The summed E-state index contributed by atoms with van der Waals surface area (Å²) in [6.07, 6.45) is -5.08. The van der Waals surface area contributed by atoms with Crippen LogP contribution in [0, 0.1) is 0 Å². The molecule has 0 saturated carbocycles. The van der Waals surface area contributed by atoms with Crippen molar-refractivity contribution in [3.63, 3.8) is 0 Å². The maximum atomic E-state index is 12.7. The molecule has 0 aromatic heterocycles. The molecule has 0 radical (unpaired) electrons. The molecule has 2 N–H and O–H groups in total. The summed E-state index contributed by atoms with van der Waals surface area (Å²) in [5.41, 5.74) is -1.26. The number of hydrogen-bond donors (Lipinski definition) is 2. The molecular formula is C19H26F3N3O3. The number of alkyl halides is 3. The van der Waals surface area contributed by atoms with Gasteiger partial charge in [-0.15, -0.1) is 0 Å². The fourth-order valence-electron chi connectivity index (χ4n) is 3.01. The maximum Gasteiger partial charge on any atom is 0.417 e. The molecule has 2 rings (SSSR count). The molecule has 1 saturated heterocycles. The summed E-state index contributed by atoms with van der Waals surface area (Å²) < 4.78 is 38.2. The molecule has 1 heterocycles. The molecule has 0 spiro atoms. The third-order valence-corrected chi connectivity index (χ3v) is 4.87. The number of para-hydroxylation sites is 1. The summed E-state index contributed by atoms with van der Waals surface area (Å²) in [5.74, 6) is -0.927. The highest BCUT2D eigenvalue weighted by Gasteiger charge is 2.51. The predicted molar refractivity (Wildman–Crippen MR) is 98.8 cm³/mol. The molecule has 0 aliphatic carbocycles. The second kappa shape index (κ2) is 8.91. The monoisotopic (exact) mass is 401 g/mol. The lowest BCUT2D eigenvalue weighted by Gasteiger charge is -2.36. The molecule has 1 aromatic rings. The van der Waals surface area contributed by atoms with Crippen LogP contribution in [0.15, 0.2) is 24.3 Å². The molecule has 28 heavy (non-hydrogen) atoms. The molecule has 1 aliphatic heterocycles. The maximum absolute atomic E-state index is 12.7. The van der Waals surface area contributed by atoms with Crippen LogP contribution < -0.4 is 5.32 Å². The number of rotatable bonds is 6. The quantitative estimate of drug-likeness (QED) is 0.765. The number of nitrogens with one attached hydrogen (secondary N) is 1. The Bertz CT molecular complexity index is 699. The third-order valence-electron chi connectivity index (χ3n) is 4.87. The molecule has 156 valence electrons. The molecule has 1 fully saturated rings. The lowest BCUT2D eigenvalue weighted by Crippen LogP contribution is -2.53. The number of halogens is 3. The average Bonchev–Trinajstić information content (AvgIpc) is 2.61. The van der Waals surface area contributed by atoms with E-state index in [4.69, 9.17) is 0 Å². The van der Waals surface area contributed by atoms with E-state index in [1.165, 1.54) is 4.90 Å². The Morgan fingerprint density at radius 3 is 2.32 bits per heavy atom. The highest BCUT2D eigenvalue weighted by atomic mass is 19.4. The Kier molecular flexibility index (Phi) is 7.06. The van der Waals surface area contributed by atoms with Gasteiger partial charge in [0.25, 0.3) is 0 Å². The number of amides is 2. The van der Waals surface area contributed by atoms with E-state index in [0.29, 0.717) is 20.0 Å². The summed E-state index contributed by atoms with van der Waals surface area (Å²) in [6.45, 7) is 3.92. The van der Waals surface area contributed by atoms with Crippen molar-refractivity contribution in [1.82, 2.24) is 9.80 Å². The third kappa shape index (κ3) is 5.68. The zero-order chi connectivity index (χ0) is 20.9. The fraction of sp³-hybridized carbons (Fsp3) is 0.579. The number of piperazine rings is 1. The molecular weight excluding hydrogens is 375 g/mol. The smallest absolute Gasteiger partial charge is 0.380 e. The minimum atomic E-state index is -4.86. The number of benzene rings is 1. The molecule has 9 heteroatoms. The van der Waals surface area contributed by atoms with Crippen molar-refractivity contribution < 1.29 is 27.9 Å². The predicted octanol–water partition coefficient (Wildman–Crippen LogP) is 2.04. The van der Waals surface area contributed by atoms with Crippen LogP contribution in [0.5, 0.6) is 0 Å². The summed E-state index contributed by atoms with van der Waals surface area (Å²) in [5, 5.41) is 12.3. The van der Waals surface area contributed by atoms with Crippen LogP contribution in [0.2, 0.25) is 0 Å². The number of aryl methyl sites for hydroxylation is 1. The second-order valence-electron chi connectivity index (χ2n) is 7.16. The Labute approximate surface area is 162 Å². The second-order valence-corrected chi connectivity index (χ2v) is 7.16. The molecule has 0 bridgehead atoms. The van der Waals surface area contributed by atoms with E-state index in [0.717, 1.165) is 17.7 Å². The van der Waals surface area contributed by atoms with Gasteiger partial charge in [-0.05, 0) is 25.0 Å². The summed E-state index contributed by atoms with van der Waals surface area (Å²) in [6, 6.07) is 7.52. The van der Waals surface area contributed by atoms with Crippen LogP contribution in [-0.2, 0) is 16.0 Å². The van der Waals surface area contributed by atoms with Crippen molar-refractivity contribution in [2.75, 3.05) is 38.0 Å². The van der Waals surface area contributed by atoms with E-state index in [-0.39, 0.29) is 25.5 Å². The number of hydrogen-bond acceptors (Lipinski definition) is 4. The van der Waals surface area contributed by atoms with Crippen molar-refractivity contribution in [3.8, 4) is 0 Å². The molecule has 2 amide bonds. The van der Waals surface area contributed by atoms with Crippen molar-refractivity contribution in [1.29, 1.82) is 0 Å². The first-order valence-electron chi connectivity index (χ1n) is 9.20. The van der Waals surface area contributed by atoms with Gasteiger partial charge in [0.15, 0.2) is 5.60 Å². The van der Waals surface area contributed by atoms with Crippen molar-refractivity contribution in [2.24, 2.45) is 0 Å². The number of nitrogens with zero attached hydrogens (tertiary/aromatic N) is 2. The SMILES string of the molecule is CCc1ccccc1NC(=O)CN1CCN(C(=O)C[C@@](C)(O)C(F)(F)F)CC1. The summed E-state index contributed by atoms with van der Waals surface area (Å²) >= 11 is 0. The van der Waals surface area contributed by atoms with Gasteiger partial charge in [0.1, 0.15) is 0 Å². The Morgan fingerprint density at radius 2 is 1.75 bits per heavy atom. The first-order chi connectivity index (χ1) is 13.0. The van der Waals surface area contributed by atoms with Crippen LogP contribution in [0.25, 0.3) is 0 Å². The molecule has 1 atom stereocenters. The first kappa shape index (κ1) is 22.2. The number of anilines is 1. The van der Waals surface area contributed by atoms with E-state index in [1.807, 2.05) is 36.1 Å². The lowest BCUT2D eigenvalue weighted by molar-refractivity contribution is -0.254. The van der Waals surface area contributed by atoms with Crippen LogP contribution in [-0.4, -0.2) is 71.2 Å². The van der Waals surface area contributed by atoms with E-state index < -0.39 is 24.1 Å². The van der Waals surface area contributed by atoms with Crippen molar-refractivity contribution >= 4 is 17.5 Å². The van der Waals surface area contributed by atoms with Gasteiger partial charge in [0, 0.05) is 31.9 Å². The number of carbonyl (C=O) groups is 2. The van der Waals surface area contributed by atoms with E-state index >= 15 is 0 Å². The molecule has 1 aliphatic rings. The highest BCUT2D eigenvalue weighted by molar-refractivity contribution is 5.93. The Morgan fingerprint density at radius 1 is 1.14 bits per heavy atom. The fourth-order valence-corrected chi connectivity index (χ4v) is 3.01. The van der Waals surface area contributed by atoms with Crippen LogP contribution >= 0.6 is 0 Å². The largest absolute Gasteiger partial charge is 0.417 e. The minimum Gasteiger partial charge on any atom is -0.380 e. The normalized spacial score (nSPS) is 17.9. The van der Waals surface area contributed by atoms with Gasteiger partial charge in [-0.1, -0.05) is 25.1 Å². The molecule has 6 nitrogen and oxygen atoms in total. The first-order valence-corrected chi connectivity index (χ1v) is 9.20. The van der Waals surface area contributed by atoms with E-state index in [1.54, 1.807) is 0 Å². The zero-order valence-electron chi connectivity index (χ0n) is 16.1. The average molecular weight is 401 g/mol. The molecule has 1 aromatic carbocycles. The van der Waals surface area contributed by atoms with Gasteiger partial charge in [-0.3, -0.25) is 14.5 Å². The van der Waals surface area contributed by atoms with Gasteiger partial charge in [-0.25, -0.2) is 0 Å². The molecule has 0 unspecified atom stereocenters. The van der Waals surface area contributed by atoms with E-state index in [2.05, 4.69) is 5.32 Å². The standard InChI is InChI=1S/C19H26F3N3O3/c1-3-14-6-4-5-7-15(14)23-16(26)13-24-8-10-25(11-9-24)17(27)12-18(2,28)19(20,21)22/h4-7,28H,3,8-13H2,1-2H3,(H,23,26)/t18-/m1/s1. The van der Waals surface area contributed by atoms with E-state index in [9.17, 15) is 27.9 Å². The number of aliphatic hydroxyl groups is 1. The van der Waals surface area contributed by atoms with Gasteiger partial charge in [0.2, 0.25) is 11.8 Å². The van der Waals surface area contributed by atoms with Gasteiger partial charge in [0.05, 0.1) is 13.0 Å². The van der Waals surface area contributed by atoms with Gasteiger partial charge >= 0.3 is 6.18 Å². The van der Waals surface area contributed by atoms with Gasteiger partial charge in [-0.2, -0.15) is 13.2 Å². The Hall–Kier alpha value is -2.13. The Balaban J connectivity index is 1.82. The van der Waals surface area contributed by atoms with Crippen LogP contribution in [0.1, 0.15) is 25.8 Å². The summed E-state index contributed by atoms with van der Waals surface area (Å²) in [7, 11) is 0. The van der Waals surface area contributed by atoms with Gasteiger partial charge < -0.3 is 15.3 Å². The zero-order valence-corrected chi connectivity index (χ0v) is 16.1.